The molecule has 1 rings (SSSR count). The molecule has 0 saturated carbocycles. The lowest BCUT2D eigenvalue weighted by Crippen LogP contribution is -2.08. The molecule has 0 aliphatic rings. The van der Waals surface area contributed by atoms with Gasteiger partial charge >= 0.3 is 0 Å². The van der Waals surface area contributed by atoms with Gasteiger partial charge in [-0.25, -0.2) is 0 Å². The second kappa shape index (κ2) is 8.94. The Kier molecular flexibility index (Phi) is 7.05. The fourth-order valence-corrected chi connectivity index (χ4v) is 1.32. The first-order valence-electron chi connectivity index (χ1n) is 6.08. The average Bonchev–Trinajstić information content (AvgIpc) is 2.41. The topological polar surface area (TPSA) is 47.6 Å². The van der Waals surface area contributed by atoms with Gasteiger partial charge in [-0.3, -0.25) is 4.79 Å². The first-order valence-corrected chi connectivity index (χ1v) is 6.08. The Balaban J connectivity index is 2.45. The predicted molar refractivity (Wildman–Crippen MR) is 76.4 cm³/mol. The number of nitrogens with one attached hydrogen (secondary N) is 1. The first-order chi connectivity index (χ1) is 9.26. The van der Waals surface area contributed by atoms with Crippen molar-refractivity contribution in [2.45, 2.75) is 6.92 Å². The van der Waals surface area contributed by atoms with Crippen molar-refractivity contribution in [3.8, 4) is 5.75 Å². The van der Waals surface area contributed by atoms with Gasteiger partial charge in [-0.15, -0.1) is 0 Å². The zero-order chi connectivity index (χ0) is 13.9. The Morgan fingerprint density at radius 1 is 1.21 bits per heavy atom. The maximum absolute atomic E-state index is 11.5. The van der Waals surface area contributed by atoms with E-state index in [2.05, 4.69) is 5.32 Å². The smallest absolute Gasteiger partial charge is 0.248 e. The molecule has 102 valence electrons. The number of ether oxygens (including phenoxy) is 2. The van der Waals surface area contributed by atoms with Crippen LogP contribution in [0.5, 0.6) is 5.75 Å². The van der Waals surface area contributed by atoms with Crippen molar-refractivity contribution < 1.29 is 14.3 Å². The number of allylic oxidation sites excluding steroid dienone is 3. The van der Waals surface area contributed by atoms with Gasteiger partial charge in [0.15, 0.2) is 0 Å². The summed E-state index contributed by atoms with van der Waals surface area (Å²) in [7, 11) is 1.63. The van der Waals surface area contributed by atoms with E-state index in [4.69, 9.17) is 9.47 Å². The van der Waals surface area contributed by atoms with Crippen LogP contribution in [0.25, 0.3) is 0 Å². The summed E-state index contributed by atoms with van der Waals surface area (Å²) in [5, 5.41) is 2.76. The number of amides is 1. The number of anilines is 1. The highest BCUT2D eigenvalue weighted by Gasteiger charge is 1.98. The second-order valence-corrected chi connectivity index (χ2v) is 3.74. The number of rotatable bonds is 7. The fraction of sp³-hybridized carbons (Fsp3) is 0.267. The number of methoxy groups -OCH3 is 1. The normalized spacial score (nSPS) is 11.1. The van der Waals surface area contributed by atoms with Gasteiger partial charge in [0, 0.05) is 18.9 Å². The van der Waals surface area contributed by atoms with E-state index in [1.165, 1.54) is 6.08 Å². The SMILES string of the molecule is C/C=C/C=C/C(=O)Nc1ccc(OCCOC)cc1. The quantitative estimate of drug-likeness (QED) is 0.466. The Morgan fingerprint density at radius 3 is 2.58 bits per heavy atom. The van der Waals surface area contributed by atoms with Gasteiger partial charge in [0.2, 0.25) is 5.91 Å². The molecule has 4 nitrogen and oxygen atoms in total. The molecule has 0 aliphatic carbocycles. The van der Waals surface area contributed by atoms with Crippen LogP contribution in [-0.4, -0.2) is 26.2 Å². The molecule has 0 unspecified atom stereocenters. The summed E-state index contributed by atoms with van der Waals surface area (Å²) in [6, 6.07) is 7.20. The van der Waals surface area contributed by atoms with Crippen LogP contribution in [-0.2, 0) is 9.53 Å². The van der Waals surface area contributed by atoms with Crippen molar-refractivity contribution in [2.24, 2.45) is 0 Å². The lowest BCUT2D eigenvalue weighted by Gasteiger charge is -2.06. The van der Waals surface area contributed by atoms with E-state index in [-0.39, 0.29) is 5.91 Å². The summed E-state index contributed by atoms with van der Waals surface area (Å²) in [6.07, 6.45) is 6.82. The van der Waals surface area contributed by atoms with Gasteiger partial charge in [0.25, 0.3) is 0 Å². The van der Waals surface area contributed by atoms with E-state index in [9.17, 15) is 4.79 Å². The Hall–Kier alpha value is -2.07. The predicted octanol–water partition coefficient (Wildman–Crippen LogP) is 2.78. The van der Waals surface area contributed by atoms with Gasteiger partial charge in [0.05, 0.1) is 6.61 Å². The lowest BCUT2D eigenvalue weighted by molar-refractivity contribution is -0.111. The molecule has 0 fully saturated rings. The van der Waals surface area contributed by atoms with Crippen LogP contribution >= 0.6 is 0 Å². The van der Waals surface area contributed by atoms with Crippen molar-refractivity contribution in [1.29, 1.82) is 0 Å². The van der Waals surface area contributed by atoms with Crippen LogP contribution < -0.4 is 10.1 Å². The Labute approximate surface area is 113 Å². The minimum absolute atomic E-state index is 0.161. The highest BCUT2D eigenvalue weighted by atomic mass is 16.5. The molecule has 0 bridgehead atoms. The van der Waals surface area contributed by atoms with E-state index < -0.39 is 0 Å². The monoisotopic (exact) mass is 261 g/mol. The summed E-state index contributed by atoms with van der Waals surface area (Å²) in [5.41, 5.74) is 0.731. The zero-order valence-corrected chi connectivity index (χ0v) is 11.3. The molecule has 0 atom stereocenters. The number of carbonyl (C=O) groups is 1. The molecule has 0 saturated heterocycles. The molecular weight excluding hydrogens is 242 g/mol. The minimum Gasteiger partial charge on any atom is -0.491 e. The van der Waals surface area contributed by atoms with Crippen LogP contribution in [0.2, 0.25) is 0 Å². The molecule has 0 aromatic heterocycles. The van der Waals surface area contributed by atoms with Crippen molar-refractivity contribution >= 4 is 11.6 Å². The van der Waals surface area contributed by atoms with Crippen molar-refractivity contribution in [2.75, 3.05) is 25.6 Å². The number of hydrogen-bond donors (Lipinski definition) is 1. The van der Waals surface area contributed by atoms with Gasteiger partial charge in [-0.1, -0.05) is 18.2 Å². The van der Waals surface area contributed by atoms with E-state index in [0.717, 1.165) is 11.4 Å². The highest BCUT2D eigenvalue weighted by molar-refractivity contribution is 5.99. The molecule has 0 heterocycles. The number of hydrogen-bond acceptors (Lipinski definition) is 3. The first kappa shape index (κ1) is 15.0. The Morgan fingerprint density at radius 2 is 1.95 bits per heavy atom. The van der Waals surface area contributed by atoms with Crippen molar-refractivity contribution in [1.82, 2.24) is 0 Å². The highest BCUT2D eigenvalue weighted by Crippen LogP contribution is 2.15. The van der Waals surface area contributed by atoms with Crippen LogP contribution in [0, 0.1) is 0 Å². The van der Waals surface area contributed by atoms with Crippen LogP contribution in [0.1, 0.15) is 6.92 Å². The van der Waals surface area contributed by atoms with Crippen LogP contribution in [0.4, 0.5) is 5.69 Å². The van der Waals surface area contributed by atoms with Crippen LogP contribution in [0.15, 0.2) is 48.6 Å². The second-order valence-electron chi connectivity index (χ2n) is 3.74. The summed E-state index contributed by atoms with van der Waals surface area (Å²) in [6.45, 7) is 2.95. The molecule has 4 heteroatoms. The number of carbonyl (C=O) groups excluding carboxylic acids is 1. The summed E-state index contributed by atoms with van der Waals surface area (Å²) < 4.78 is 10.3. The van der Waals surface area contributed by atoms with E-state index >= 15 is 0 Å². The van der Waals surface area contributed by atoms with Crippen molar-refractivity contribution in [3.63, 3.8) is 0 Å². The molecule has 1 aromatic carbocycles. The third kappa shape index (κ3) is 6.43. The molecule has 0 radical (unpaired) electrons. The molecule has 1 amide bonds. The van der Waals surface area contributed by atoms with Crippen LogP contribution in [0.3, 0.4) is 0 Å². The molecule has 0 spiro atoms. The van der Waals surface area contributed by atoms with Gasteiger partial charge in [-0.05, 0) is 31.2 Å². The third-order valence-corrected chi connectivity index (χ3v) is 2.23. The van der Waals surface area contributed by atoms with Crippen molar-refractivity contribution in [3.05, 3.63) is 48.6 Å². The molecule has 0 aliphatic heterocycles. The molecule has 19 heavy (non-hydrogen) atoms. The summed E-state index contributed by atoms with van der Waals surface area (Å²) in [5.74, 6) is 0.589. The molecule has 1 N–H and O–H groups in total. The van der Waals surface area contributed by atoms with E-state index in [1.807, 2.05) is 13.0 Å². The maximum atomic E-state index is 11.5. The zero-order valence-electron chi connectivity index (χ0n) is 11.3. The lowest BCUT2D eigenvalue weighted by atomic mass is 10.3. The number of benzene rings is 1. The van der Waals surface area contributed by atoms with Gasteiger partial charge in [-0.2, -0.15) is 0 Å². The standard InChI is InChI=1S/C15H19NO3/c1-3-4-5-6-15(17)16-13-7-9-14(10-8-13)19-12-11-18-2/h3-10H,11-12H2,1-2H3,(H,16,17)/b4-3+,6-5+. The Bertz CT molecular complexity index is 435. The fourth-order valence-electron chi connectivity index (χ4n) is 1.32. The van der Waals surface area contributed by atoms with Gasteiger partial charge in [0.1, 0.15) is 12.4 Å². The average molecular weight is 261 g/mol. The largest absolute Gasteiger partial charge is 0.491 e. The van der Waals surface area contributed by atoms with Gasteiger partial charge < -0.3 is 14.8 Å². The maximum Gasteiger partial charge on any atom is 0.248 e. The third-order valence-electron chi connectivity index (χ3n) is 2.23. The molecule has 1 aromatic rings. The van der Waals surface area contributed by atoms with E-state index in [0.29, 0.717) is 13.2 Å². The minimum atomic E-state index is -0.161. The van der Waals surface area contributed by atoms with E-state index in [1.54, 1.807) is 43.5 Å². The molecular formula is C15H19NO3. The summed E-state index contributed by atoms with van der Waals surface area (Å²) in [4.78, 5) is 11.5. The summed E-state index contributed by atoms with van der Waals surface area (Å²) >= 11 is 0.